The first-order valence-corrected chi connectivity index (χ1v) is 23.6. The van der Waals surface area contributed by atoms with Gasteiger partial charge >= 0.3 is 0 Å². The Morgan fingerprint density at radius 2 is 0.721 bits per heavy atom. The molecule has 1 heterocycles. The molecule has 0 N–H and O–H groups in total. The molecule has 68 heavy (non-hydrogen) atoms. The van der Waals surface area contributed by atoms with Crippen molar-refractivity contribution in [2.75, 3.05) is 4.90 Å². The van der Waals surface area contributed by atoms with Crippen molar-refractivity contribution >= 4 is 49.6 Å². The minimum absolute atomic E-state index is 0.558. The van der Waals surface area contributed by atoms with Crippen molar-refractivity contribution in [1.29, 1.82) is 0 Å². The van der Waals surface area contributed by atoms with Crippen LogP contribution in [0.25, 0.3) is 54.8 Å². The van der Waals surface area contributed by atoms with E-state index >= 15 is 0 Å². The third kappa shape index (κ3) is 5.34. The lowest BCUT2D eigenvalue weighted by Gasteiger charge is -2.36. The summed E-state index contributed by atoms with van der Waals surface area (Å²) in [7, 11) is 0. The average molecular weight is 866 g/mol. The molecule has 0 unspecified atom stereocenters. The van der Waals surface area contributed by atoms with Gasteiger partial charge in [0.2, 0.25) is 0 Å². The third-order valence-electron chi connectivity index (χ3n) is 15.0. The van der Waals surface area contributed by atoms with Crippen molar-refractivity contribution in [2.45, 2.75) is 10.8 Å². The Kier molecular flexibility index (Phi) is 8.45. The zero-order valence-corrected chi connectivity index (χ0v) is 37.2. The fourth-order valence-electron chi connectivity index (χ4n) is 12.3. The SMILES string of the molecule is c1ccc(C2(c3ccccc3)c3ccc(N(c4ccc5c(c4)C(c4ccccc4)(c4ccccc4)c4c-5ccc5ccccc45)c4ccc5ccoc5c4)cc3-c3ccc4ccccc4c32)cc1. The Labute approximate surface area is 395 Å². The number of rotatable bonds is 7. The van der Waals surface area contributed by atoms with Gasteiger partial charge in [-0.15, -0.1) is 0 Å². The van der Waals surface area contributed by atoms with Crippen LogP contribution in [0, 0.1) is 0 Å². The maximum atomic E-state index is 6.15. The first kappa shape index (κ1) is 38.5. The zero-order valence-electron chi connectivity index (χ0n) is 37.2. The van der Waals surface area contributed by atoms with Crippen LogP contribution in [0.4, 0.5) is 17.1 Å². The van der Waals surface area contributed by atoms with E-state index in [1.54, 1.807) is 6.26 Å². The van der Waals surface area contributed by atoms with Crippen molar-refractivity contribution in [3.05, 3.63) is 306 Å². The molecule has 2 aliphatic carbocycles. The molecule has 2 aliphatic rings. The van der Waals surface area contributed by atoms with Gasteiger partial charge in [-0.2, -0.15) is 0 Å². The van der Waals surface area contributed by atoms with E-state index in [-0.39, 0.29) is 0 Å². The zero-order chi connectivity index (χ0) is 44.8. The van der Waals surface area contributed by atoms with Crippen LogP contribution in [0.2, 0.25) is 0 Å². The first-order chi connectivity index (χ1) is 33.7. The molecule has 318 valence electrons. The second kappa shape index (κ2) is 14.9. The van der Waals surface area contributed by atoms with Gasteiger partial charge in [0, 0.05) is 28.5 Å². The van der Waals surface area contributed by atoms with Crippen molar-refractivity contribution in [3.63, 3.8) is 0 Å². The molecule has 11 aromatic carbocycles. The van der Waals surface area contributed by atoms with E-state index in [9.17, 15) is 0 Å². The average Bonchev–Trinajstić information content (AvgIpc) is 4.10. The van der Waals surface area contributed by atoms with E-state index in [1.165, 1.54) is 88.3 Å². The molecule has 0 saturated carbocycles. The number of hydrogen-bond acceptors (Lipinski definition) is 2. The highest BCUT2D eigenvalue weighted by atomic mass is 16.3. The van der Waals surface area contributed by atoms with E-state index in [0.717, 1.165) is 28.0 Å². The standard InChI is InChI=1S/C66H43NO/c1-5-19-47(20-6-1)65(48-21-7-2-8-22-48)60-38-34-51(41-59(60)58-36-31-45-18-14-16-28-55(45)64(58)65)67(53-32-29-46-39-40-68-62(46)43-53)52-33-37-56-57-35-30-44-17-13-15-27-54(44)63(57)66(61(56)42-52,49-23-9-3-10-24-49)50-25-11-4-12-26-50/h1-43H. The van der Waals surface area contributed by atoms with Crippen LogP contribution in [-0.2, 0) is 10.8 Å². The molecule has 0 spiro atoms. The van der Waals surface area contributed by atoms with Gasteiger partial charge < -0.3 is 9.32 Å². The van der Waals surface area contributed by atoms with Crippen molar-refractivity contribution in [2.24, 2.45) is 0 Å². The Morgan fingerprint density at radius 1 is 0.294 bits per heavy atom. The van der Waals surface area contributed by atoms with Gasteiger partial charge in [-0.05, 0) is 131 Å². The summed E-state index contributed by atoms with van der Waals surface area (Å²) in [6, 6.07) is 94.6. The summed E-state index contributed by atoms with van der Waals surface area (Å²) in [6.45, 7) is 0. The lowest BCUT2D eigenvalue weighted by Crippen LogP contribution is -2.29. The Hall–Kier alpha value is -8.72. The number of fused-ring (bicyclic) bond motifs is 11. The van der Waals surface area contributed by atoms with E-state index in [4.69, 9.17) is 4.42 Å². The maximum absolute atomic E-state index is 6.15. The molecule has 0 amide bonds. The van der Waals surface area contributed by atoms with Gasteiger partial charge in [-0.25, -0.2) is 0 Å². The molecule has 0 saturated heterocycles. The monoisotopic (exact) mass is 865 g/mol. The van der Waals surface area contributed by atoms with Gasteiger partial charge in [-0.3, -0.25) is 0 Å². The molecule has 0 aliphatic heterocycles. The second-order valence-corrected chi connectivity index (χ2v) is 18.3. The minimum Gasteiger partial charge on any atom is -0.464 e. The summed E-state index contributed by atoms with van der Waals surface area (Å²) in [6.07, 6.45) is 1.78. The number of nitrogens with zero attached hydrogens (tertiary/aromatic N) is 1. The molecule has 14 rings (SSSR count). The normalized spacial score (nSPS) is 13.8. The molecule has 0 atom stereocenters. The molecule has 0 radical (unpaired) electrons. The van der Waals surface area contributed by atoms with Crippen LogP contribution in [0.15, 0.2) is 265 Å². The fourth-order valence-corrected chi connectivity index (χ4v) is 12.3. The number of hydrogen-bond donors (Lipinski definition) is 0. The summed E-state index contributed by atoms with van der Waals surface area (Å²) in [4.78, 5) is 2.44. The Morgan fingerprint density at radius 3 is 1.29 bits per heavy atom. The molecule has 2 nitrogen and oxygen atoms in total. The van der Waals surface area contributed by atoms with Crippen LogP contribution < -0.4 is 4.90 Å². The molecular weight excluding hydrogens is 823 g/mol. The van der Waals surface area contributed by atoms with E-state index in [1.807, 2.05) is 6.07 Å². The van der Waals surface area contributed by atoms with Crippen LogP contribution in [-0.4, -0.2) is 0 Å². The van der Waals surface area contributed by atoms with Crippen LogP contribution in [0.3, 0.4) is 0 Å². The maximum Gasteiger partial charge on any atom is 0.135 e. The molecule has 1 aromatic heterocycles. The van der Waals surface area contributed by atoms with E-state index in [0.29, 0.717) is 0 Å². The number of benzene rings is 11. The molecule has 12 aromatic rings. The minimum atomic E-state index is -0.608. The van der Waals surface area contributed by atoms with Crippen LogP contribution in [0.5, 0.6) is 0 Å². The predicted octanol–water partition coefficient (Wildman–Crippen LogP) is 16.9. The van der Waals surface area contributed by atoms with Crippen LogP contribution >= 0.6 is 0 Å². The summed E-state index contributed by atoms with van der Waals surface area (Å²) in [5.41, 5.74) is 18.0. The van der Waals surface area contributed by atoms with Crippen molar-refractivity contribution in [1.82, 2.24) is 0 Å². The van der Waals surface area contributed by atoms with Gasteiger partial charge in [-0.1, -0.05) is 206 Å². The van der Waals surface area contributed by atoms with Gasteiger partial charge in [0.15, 0.2) is 0 Å². The number of furan rings is 1. The lowest BCUT2D eigenvalue weighted by atomic mass is 9.66. The quantitative estimate of drug-likeness (QED) is 0.159. The number of anilines is 3. The Balaban J connectivity index is 1.06. The van der Waals surface area contributed by atoms with Crippen molar-refractivity contribution < 1.29 is 4.42 Å². The van der Waals surface area contributed by atoms with E-state index < -0.39 is 10.8 Å². The third-order valence-corrected chi connectivity index (χ3v) is 15.0. The predicted molar refractivity (Wildman–Crippen MR) is 281 cm³/mol. The van der Waals surface area contributed by atoms with Crippen molar-refractivity contribution in [3.8, 4) is 22.3 Å². The van der Waals surface area contributed by atoms with Gasteiger partial charge in [0.05, 0.1) is 17.1 Å². The second-order valence-electron chi connectivity index (χ2n) is 18.3. The molecule has 2 heteroatoms. The van der Waals surface area contributed by atoms with E-state index in [2.05, 4.69) is 254 Å². The highest BCUT2D eigenvalue weighted by Crippen LogP contribution is 2.61. The smallest absolute Gasteiger partial charge is 0.135 e. The lowest BCUT2D eigenvalue weighted by molar-refractivity contribution is 0.616. The fraction of sp³-hybridized carbons (Fsp3) is 0.0303. The van der Waals surface area contributed by atoms with Crippen LogP contribution in [0.1, 0.15) is 44.5 Å². The molecule has 0 bridgehead atoms. The summed E-state index contributed by atoms with van der Waals surface area (Å²) >= 11 is 0. The summed E-state index contributed by atoms with van der Waals surface area (Å²) in [5, 5.41) is 6.07. The van der Waals surface area contributed by atoms with Gasteiger partial charge in [0.1, 0.15) is 5.58 Å². The molecule has 0 fully saturated rings. The highest BCUT2D eigenvalue weighted by Gasteiger charge is 2.49. The summed E-state index contributed by atoms with van der Waals surface area (Å²) < 4.78 is 6.15. The largest absolute Gasteiger partial charge is 0.464 e. The summed E-state index contributed by atoms with van der Waals surface area (Å²) in [5.74, 6) is 0. The molecular formula is C66H43NO. The van der Waals surface area contributed by atoms with Gasteiger partial charge in [0.25, 0.3) is 0 Å². The Bertz CT molecular complexity index is 3830. The topological polar surface area (TPSA) is 16.4 Å². The highest BCUT2D eigenvalue weighted by molar-refractivity contribution is 6.03. The first-order valence-electron chi connectivity index (χ1n) is 23.6.